The fourth-order valence-corrected chi connectivity index (χ4v) is 2.48. The number of carbonyl (C=O) groups excluding carboxylic acids is 2. The Labute approximate surface area is 117 Å². The van der Waals surface area contributed by atoms with Gasteiger partial charge in [0.15, 0.2) is 0 Å². The van der Waals surface area contributed by atoms with E-state index in [0.717, 1.165) is 5.56 Å². The maximum atomic E-state index is 11.9. The van der Waals surface area contributed by atoms with Gasteiger partial charge < -0.3 is 10.4 Å². The Balaban J connectivity index is 2.17. The highest BCUT2D eigenvalue weighted by atomic mass is 16.4. The number of amides is 1. The minimum atomic E-state index is -0.920. The summed E-state index contributed by atoms with van der Waals surface area (Å²) in [4.78, 5) is 34.3. The molecule has 1 saturated carbocycles. The SMILES string of the molecule is CCC(=O)Nc1cccc([C@@H]2C[C@@H](C(=O)O)CC2=O)c1. The standard InChI is InChI=1S/C15H17NO4/c1-2-14(18)16-11-5-3-4-9(6-11)12-7-10(15(19)20)8-13(12)17/h3-6,10,12H,2,7-8H2,1H3,(H,16,18)(H,19,20)/t10-,12+/m1/s1. The molecular formula is C15H17NO4. The highest BCUT2D eigenvalue weighted by Crippen LogP contribution is 2.36. The van der Waals surface area contributed by atoms with Crippen LogP contribution in [-0.4, -0.2) is 22.8 Å². The molecule has 0 aromatic heterocycles. The molecule has 1 aromatic rings. The second-order valence-corrected chi connectivity index (χ2v) is 5.02. The average Bonchev–Trinajstić information content (AvgIpc) is 2.81. The van der Waals surface area contributed by atoms with Gasteiger partial charge in [-0.1, -0.05) is 19.1 Å². The largest absolute Gasteiger partial charge is 0.481 e. The molecule has 5 nitrogen and oxygen atoms in total. The van der Waals surface area contributed by atoms with E-state index >= 15 is 0 Å². The molecule has 1 fully saturated rings. The number of hydrogen-bond donors (Lipinski definition) is 2. The summed E-state index contributed by atoms with van der Waals surface area (Å²) in [7, 11) is 0. The van der Waals surface area contributed by atoms with Crippen molar-refractivity contribution >= 4 is 23.3 Å². The molecule has 2 rings (SSSR count). The van der Waals surface area contributed by atoms with Crippen molar-refractivity contribution in [2.75, 3.05) is 5.32 Å². The highest BCUT2D eigenvalue weighted by Gasteiger charge is 2.37. The van der Waals surface area contributed by atoms with Crippen LogP contribution in [0.1, 0.15) is 37.7 Å². The number of benzene rings is 1. The summed E-state index contributed by atoms with van der Waals surface area (Å²) < 4.78 is 0. The van der Waals surface area contributed by atoms with Crippen molar-refractivity contribution in [2.45, 2.75) is 32.1 Å². The van der Waals surface area contributed by atoms with Crippen LogP contribution in [0.25, 0.3) is 0 Å². The molecule has 5 heteroatoms. The Morgan fingerprint density at radius 3 is 2.75 bits per heavy atom. The average molecular weight is 275 g/mol. The molecule has 20 heavy (non-hydrogen) atoms. The van der Waals surface area contributed by atoms with Gasteiger partial charge in [-0.05, 0) is 24.1 Å². The van der Waals surface area contributed by atoms with Crippen LogP contribution >= 0.6 is 0 Å². The Kier molecular flexibility index (Phi) is 4.17. The van der Waals surface area contributed by atoms with Crippen molar-refractivity contribution in [3.8, 4) is 0 Å². The number of ketones is 1. The summed E-state index contributed by atoms with van der Waals surface area (Å²) in [5.74, 6) is -2.04. The minimum Gasteiger partial charge on any atom is -0.481 e. The number of Topliss-reactive ketones (excluding diaryl/α,β-unsaturated/α-hetero) is 1. The summed E-state index contributed by atoms with van der Waals surface area (Å²) in [5.41, 5.74) is 1.41. The summed E-state index contributed by atoms with van der Waals surface area (Å²) in [5, 5.41) is 11.7. The molecule has 2 N–H and O–H groups in total. The predicted octanol–water partition coefficient (Wildman–Crippen LogP) is 2.18. The molecule has 0 spiro atoms. The third-order valence-electron chi connectivity index (χ3n) is 3.60. The molecule has 0 radical (unpaired) electrons. The first kappa shape index (κ1) is 14.2. The van der Waals surface area contributed by atoms with Crippen molar-refractivity contribution in [1.29, 1.82) is 0 Å². The molecule has 0 aliphatic heterocycles. The minimum absolute atomic E-state index is 0.0450. The zero-order valence-corrected chi connectivity index (χ0v) is 11.3. The van der Waals surface area contributed by atoms with Crippen LogP contribution in [-0.2, 0) is 14.4 Å². The van der Waals surface area contributed by atoms with E-state index in [1.807, 2.05) is 0 Å². The fourth-order valence-electron chi connectivity index (χ4n) is 2.48. The van der Waals surface area contributed by atoms with E-state index in [-0.39, 0.29) is 24.0 Å². The number of nitrogens with one attached hydrogen (secondary N) is 1. The summed E-state index contributed by atoms with van der Waals surface area (Å²) in [6.45, 7) is 1.76. The molecule has 0 bridgehead atoms. The molecule has 1 aliphatic rings. The monoisotopic (exact) mass is 275 g/mol. The van der Waals surface area contributed by atoms with Gasteiger partial charge >= 0.3 is 5.97 Å². The quantitative estimate of drug-likeness (QED) is 0.882. The number of anilines is 1. The van der Waals surface area contributed by atoms with Gasteiger partial charge in [0.05, 0.1) is 5.92 Å². The van der Waals surface area contributed by atoms with Crippen molar-refractivity contribution in [2.24, 2.45) is 5.92 Å². The van der Waals surface area contributed by atoms with Gasteiger partial charge in [-0.15, -0.1) is 0 Å². The number of carboxylic acid groups (broad SMARTS) is 1. The summed E-state index contributed by atoms with van der Waals surface area (Å²) in [6, 6.07) is 7.07. The second kappa shape index (κ2) is 5.86. The van der Waals surface area contributed by atoms with Gasteiger partial charge in [0, 0.05) is 24.4 Å². The van der Waals surface area contributed by atoms with Crippen molar-refractivity contribution in [3.05, 3.63) is 29.8 Å². The van der Waals surface area contributed by atoms with Crippen molar-refractivity contribution in [1.82, 2.24) is 0 Å². The van der Waals surface area contributed by atoms with E-state index in [4.69, 9.17) is 5.11 Å². The number of carbonyl (C=O) groups is 3. The summed E-state index contributed by atoms with van der Waals surface area (Å²) >= 11 is 0. The molecule has 106 valence electrons. The first-order valence-electron chi connectivity index (χ1n) is 6.66. The number of aliphatic carboxylic acids is 1. The predicted molar refractivity (Wildman–Crippen MR) is 73.5 cm³/mol. The van der Waals surface area contributed by atoms with E-state index in [0.29, 0.717) is 18.5 Å². The Hall–Kier alpha value is -2.17. The van der Waals surface area contributed by atoms with Crippen molar-refractivity contribution in [3.63, 3.8) is 0 Å². The number of carboxylic acids is 1. The van der Waals surface area contributed by atoms with Crippen LogP contribution in [0.15, 0.2) is 24.3 Å². The zero-order valence-electron chi connectivity index (χ0n) is 11.3. The second-order valence-electron chi connectivity index (χ2n) is 5.02. The lowest BCUT2D eigenvalue weighted by Crippen LogP contribution is -2.11. The van der Waals surface area contributed by atoms with Crippen LogP contribution in [0.3, 0.4) is 0 Å². The van der Waals surface area contributed by atoms with Gasteiger partial charge in [0.2, 0.25) is 5.91 Å². The Bertz CT molecular complexity index is 553. The van der Waals surface area contributed by atoms with Crippen LogP contribution < -0.4 is 5.32 Å². The lowest BCUT2D eigenvalue weighted by Gasteiger charge is -2.11. The van der Waals surface area contributed by atoms with Gasteiger partial charge in [-0.25, -0.2) is 0 Å². The smallest absolute Gasteiger partial charge is 0.306 e. The van der Waals surface area contributed by atoms with Crippen LogP contribution in [0.5, 0.6) is 0 Å². The zero-order chi connectivity index (χ0) is 14.7. The fraction of sp³-hybridized carbons (Fsp3) is 0.400. The lowest BCUT2D eigenvalue weighted by molar-refractivity contribution is -0.142. The van der Waals surface area contributed by atoms with E-state index in [1.54, 1.807) is 31.2 Å². The van der Waals surface area contributed by atoms with Gasteiger partial charge in [0.25, 0.3) is 0 Å². The van der Waals surface area contributed by atoms with E-state index < -0.39 is 11.9 Å². The molecule has 0 unspecified atom stereocenters. The normalized spacial score (nSPS) is 21.8. The number of hydrogen-bond acceptors (Lipinski definition) is 3. The highest BCUT2D eigenvalue weighted by molar-refractivity contribution is 5.94. The third kappa shape index (κ3) is 3.04. The molecule has 0 heterocycles. The van der Waals surface area contributed by atoms with E-state index in [1.165, 1.54) is 0 Å². The summed E-state index contributed by atoms with van der Waals surface area (Å²) in [6.07, 6.45) is 0.804. The third-order valence-corrected chi connectivity index (χ3v) is 3.60. The first-order valence-corrected chi connectivity index (χ1v) is 6.66. The molecule has 0 saturated heterocycles. The van der Waals surface area contributed by atoms with Crippen LogP contribution in [0.2, 0.25) is 0 Å². The van der Waals surface area contributed by atoms with Crippen molar-refractivity contribution < 1.29 is 19.5 Å². The van der Waals surface area contributed by atoms with Crippen LogP contribution in [0, 0.1) is 5.92 Å². The van der Waals surface area contributed by atoms with E-state index in [2.05, 4.69) is 5.32 Å². The molecular weight excluding hydrogens is 258 g/mol. The number of rotatable bonds is 4. The van der Waals surface area contributed by atoms with Crippen LogP contribution in [0.4, 0.5) is 5.69 Å². The Morgan fingerprint density at radius 1 is 1.40 bits per heavy atom. The van der Waals surface area contributed by atoms with Gasteiger partial charge in [-0.3, -0.25) is 14.4 Å². The van der Waals surface area contributed by atoms with E-state index in [9.17, 15) is 14.4 Å². The topological polar surface area (TPSA) is 83.5 Å². The lowest BCUT2D eigenvalue weighted by atomic mass is 9.95. The molecule has 2 atom stereocenters. The van der Waals surface area contributed by atoms with Gasteiger partial charge in [0.1, 0.15) is 5.78 Å². The Morgan fingerprint density at radius 2 is 2.15 bits per heavy atom. The van der Waals surface area contributed by atoms with Gasteiger partial charge in [-0.2, -0.15) is 0 Å². The molecule has 1 aliphatic carbocycles. The maximum Gasteiger partial charge on any atom is 0.306 e. The maximum absolute atomic E-state index is 11.9. The molecule has 1 amide bonds. The molecule has 1 aromatic carbocycles. The first-order chi connectivity index (χ1) is 9.51.